The van der Waals surface area contributed by atoms with Crippen LogP contribution < -0.4 is 20.1 Å². The number of hydrogen-bond donors (Lipinski definition) is 2. The van der Waals surface area contributed by atoms with Gasteiger partial charge in [-0.2, -0.15) is 0 Å². The van der Waals surface area contributed by atoms with Crippen LogP contribution in [0.15, 0.2) is 42.5 Å². The molecule has 2 aliphatic rings. The molecule has 0 saturated carbocycles. The van der Waals surface area contributed by atoms with E-state index >= 15 is 0 Å². The van der Waals surface area contributed by atoms with Gasteiger partial charge in [-0.1, -0.05) is 50.6 Å². The number of benzene rings is 2. The molecular formula is C28H29ClN2O4S. The fourth-order valence-corrected chi connectivity index (χ4v) is 6.50. The molecule has 36 heavy (non-hydrogen) atoms. The molecule has 2 atom stereocenters. The normalized spacial score (nSPS) is 19.0. The fraction of sp³-hybridized carbons (Fsp3) is 0.357. The summed E-state index contributed by atoms with van der Waals surface area (Å²) in [6.45, 7) is 6.87. The average Bonchev–Trinajstić information content (AvgIpc) is 3.22. The Morgan fingerprint density at radius 3 is 2.61 bits per heavy atom. The maximum absolute atomic E-state index is 13.2. The number of anilines is 1. The molecule has 2 N–H and O–H groups in total. The number of methoxy groups -OCH3 is 1. The van der Waals surface area contributed by atoms with Gasteiger partial charge in [-0.15, -0.1) is 11.3 Å². The van der Waals surface area contributed by atoms with E-state index in [0.717, 1.165) is 35.4 Å². The summed E-state index contributed by atoms with van der Waals surface area (Å²) in [5, 5.41) is 7.82. The molecule has 5 rings (SSSR count). The van der Waals surface area contributed by atoms with Crippen LogP contribution in [0.1, 0.15) is 70.1 Å². The van der Waals surface area contributed by atoms with Crippen molar-refractivity contribution < 1.29 is 19.1 Å². The molecule has 188 valence electrons. The molecule has 2 unspecified atom stereocenters. The standard InChI is InChI=1S/C28H29ClN2O4S/c1-28(2,3)16-10-11-18-22(14-16)36-26-23(18)25(32)30-24(31-26)15-9-12-20(21(13-15)34-4)35-27(33)17-7-5-6-8-19(17)29/h5-9,12-13,16,24,31H,10-11,14H2,1-4H3,(H,30,32). The minimum absolute atomic E-state index is 0.0614. The first kappa shape index (κ1) is 24.7. The Hall–Kier alpha value is -3.03. The third-order valence-electron chi connectivity index (χ3n) is 7.09. The molecule has 1 aliphatic carbocycles. The number of nitrogens with one attached hydrogen (secondary N) is 2. The second kappa shape index (κ2) is 9.45. The number of hydrogen-bond acceptors (Lipinski definition) is 6. The van der Waals surface area contributed by atoms with E-state index in [2.05, 4.69) is 31.4 Å². The zero-order valence-corrected chi connectivity index (χ0v) is 22.3. The van der Waals surface area contributed by atoms with Crippen LogP contribution in [0.5, 0.6) is 11.5 Å². The van der Waals surface area contributed by atoms with Gasteiger partial charge in [0, 0.05) is 4.88 Å². The molecule has 8 heteroatoms. The van der Waals surface area contributed by atoms with Crippen LogP contribution in [0.3, 0.4) is 0 Å². The minimum atomic E-state index is -0.571. The van der Waals surface area contributed by atoms with E-state index in [0.29, 0.717) is 16.7 Å². The first-order valence-electron chi connectivity index (χ1n) is 12.0. The van der Waals surface area contributed by atoms with E-state index in [9.17, 15) is 9.59 Å². The van der Waals surface area contributed by atoms with Crippen molar-refractivity contribution in [2.24, 2.45) is 11.3 Å². The number of rotatable bonds is 4. The Balaban J connectivity index is 1.37. The van der Waals surface area contributed by atoms with Crippen molar-refractivity contribution in [3.05, 3.63) is 74.6 Å². The predicted molar refractivity (Wildman–Crippen MR) is 143 cm³/mol. The summed E-state index contributed by atoms with van der Waals surface area (Å²) in [6.07, 6.45) is 2.62. The zero-order chi connectivity index (χ0) is 25.6. The topological polar surface area (TPSA) is 76.7 Å². The highest BCUT2D eigenvalue weighted by Crippen LogP contribution is 2.46. The molecule has 3 aromatic rings. The number of esters is 1. The van der Waals surface area contributed by atoms with Crippen LogP contribution in [-0.2, 0) is 12.8 Å². The number of thiophene rings is 1. The number of halogens is 1. The Labute approximate surface area is 220 Å². The van der Waals surface area contributed by atoms with Gasteiger partial charge in [0.1, 0.15) is 11.2 Å². The first-order valence-corrected chi connectivity index (χ1v) is 13.2. The van der Waals surface area contributed by atoms with Crippen molar-refractivity contribution in [3.8, 4) is 11.5 Å². The van der Waals surface area contributed by atoms with Crippen molar-refractivity contribution in [2.45, 2.75) is 46.2 Å². The number of amides is 1. The maximum Gasteiger partial charge on any atom is 0.345 e. The quantitative estimate of drug-likeness (QED) is 0.296. The van der Waals surface area contributed by atoms with E-state index in [1.165, 1.54) is 17.6 Å². The van der Waals surface area contributed by atoms with Gasteiger partial charge in [-0.25, -0.2) is 4.79 Å². The van der Waals surface area contributed by atoms with Crippen LogP contribution >= 0.6 is 22.9 Å². The number of carbonyl (C=O) groups excluding carboxylic acids is 2. The van der Waals surface area contributed by atoms with Crippen molar-refractivity contribution in [2.75, 3.05) is 12.4 Å². The average molecular weight is 525 g/mol. The summed E-state index contributed by atoms with van der Waals surface area (Å²) in [7, 11) is 1.51. The maximum atomic E-state index is 13.2. The molecule has 2 heterocycles. The van der Waals surface area contributed by atoms with Crippen LogP contribution in [0.4, 0.5) is 5.00 Å². The van der Waals surface area contributed by atoms with Gasteiger partial charge in [-0.3, -0.25) is 4.79 Å². The molecule has 2 aromatic carbocycles. The predicted octanol–water partition coefficient (Wildman–Crippen LogP) is 6.63. The van der Waals surface area contributed by atoms with E-state index < -0.39 is 12.1 Å². The molecule has 1 amide bonds. The number of carbonyl (C=O) groups is 2. The molecule has 0 bridgehead atoms. The minimum Gasteiger partial charge on any atom is -0.493 e. The summed E-state index contributed by atoms with van der Waals surface area (Å²) in [6, 6.07) is 12.0. The molecule has 1 aliphatic heterocycles. The second-order valence-electron chi connectivity index (χ2n) is 10.3. The first-order chi connectivity index (χ1) is 17.2. The summed E-state index contributed by atoms with van der Waals surface area (Å²) in [5.41, 5.74) is 3.29. The summed E-state index contributed by atoms with van der Waals surface area (Å²) >= 11 is 7.82. The molecule has 6 nitrogen and oxygen atoms in total. The van der Waals surface area contributed by atoms with Crippen LogP contribution in [-0.4, -0.2) is 19.0 Å². The Morgan fingerprint density at radius 1 is 1.11 bits per heavy atom. The fourth-order valence-electron chi connectivity index (χ4n) is 4.93. The molecule has 0 saturated heterocycles. The van der Waals surface area contributed by atoms with Gasteiger partial charge in [0.2, 0.25) is 0 Å². The third-order valence-corrected chi connectivity index (χ3v) is 8.60. The Bertz CT molecular complexity index is 1340. The third kappa shape index (κ3) is 4.58. The molecule has 0 spiro atoms. The van der Waals surface area contributed by atoms with E-state index in [-0.39, 0.29) is 22.6 Å². The van der Waals surface area contributed by atoms with Crippen LogP contribution in [0.2, 0.25) is 5.02 Å². The lowest BCUT2D eigenvalue weighted by atomic mass is 9.72. The molecule has 0 radical (unpaired) electrons. The van der Waals surface area contributed by atoms with E-state index in [1.54, 1.807) is 47.7 Å². The number of fused-ring (bicyclic) bond motifs is 3. The van der Waals surface area contributed by atoms with Crippen molar-refractivity contribution >= 4 is 39.8 Å². The highest BCUT2D eigenvalue weighted by atomic mass is 35.5. The Kier molecular flexibility index (Phi) is 6.47. The highest BCUT2D eigenvalue weighted by Gasteiger charge is 2.36. The summed E-state index contributed by atoms with van der Waals surface area (Å²) < 4.78 is 11.1. The van der Waals surface area contributed by atoms with Gasteiger partial charge >= 0.3 is 5.97 Å². The molecule has 0 fully saturated rings. The van der Waals surface area contributed by atoms with Crippen molar-refractivity contribution in [1.82, 2.24) is 5.32 Å². The monoisotopic (exact) mass is 524 g/mol. The van der Waals surface area contributed by atoms with Crippen molar-refractivity contribution in [3.63, 3.8) is 0 Å². The van der Waals surface area contributed by atoms with E-state index in [1.807, 2.05) is 6.07 Å². The summed E-state index contributed by atoms with van der Waals surface area (Å²) in [5.74, 6) is 0.628. The lowest BCUT2D eigenvalue weighted by Crippen LogP contribution is -2.38. The smallest absolute Gasteiger partial charge is 0.345 e. The Morgan fingerprint density at radius 2 is 1.89 bits per heavy atom. The lowest BCUT2D eigenvalue weighted by molar-refractivity contribution is 0.0729. The van der Waals surface area contributed by atoms with E-state index in [4.69, 9.17) is 21.1 Å². The van der Waals surface area contributed by atoms with Crippen LogP contribution in [0.25, 0.3) is 0 Å². The number of ether oxygens (including phenoxy) is 2. The molecule has 1 aromatic heterocycles. The van der Waals surface area contributed by atoms with Gasteiger partial charge in [0.15, 0.2) is 11.5 Å². The van der Waals surface area contributed by atoms with Crippen LogP contribution in [0, 0.1) is 11.3 Å². The van der Waals surface area contributed by atoms with Gasteiger partial charge in [0.05, 0.1) is 23.3 Å². The highest BCUT2D eigenvalue weighted by molar-refractivity contribution is 7.16. The van der Waals surface area contributed by atoms with Gasteiger partial charge < -0.3 is 20.1 Å². The van der Waals surface area contributed by atoms with Gasteiger partial charge in [0.25, 0.3) is 5.91 Å². The zero-order valence-electron chi connectivity index (χ0n) is 20.7. The second-order valence-corrected chi connectivity index (χ2v) is 11.9. The van der Waals surface area contributed by atoms with Gasteiger partial charge in [-0.05, 0) is 66.0 Å². The molecular weight excluding hydrogens is 496 g/mol. The lowest BCUT2D eigenvalue weighted by Gasteiger charge is -2.34. The summed E-state index contributed by atoms with van der Waals surface area (Å²) in [4.78, 5) is 27.1. The SMILES string of the molecule is COc1cc(C2NC(=O)c3c(sc4c3CCC(C(C)(C)C)C4)N2)ccc1OC(=O)c1ccccc1Cl. The largest absolute Gasteiger partial charge is 0.493 e. The van der Waals surface area contributed by atoms with Crippen molar-refractivity contribution in [1.29, 1.82) is 0 Å².